The summed E-state index contributed by atoms with van der Waals surface area (Å²) in [5.41, 5.74) is 7.38. The van der Waals surface area contributed by atoms with Crippen molar-refractivity contribution in [2.75, 3.05) is 19.0 Å². The summed E-state index contributed by atoms with van der Waals surface area (Å²) in [5, 5.41) is 3.94. The second kappa shape index (κ2) is 4.85. The molecule has 0 radical (unpaired) electrons. The minimum Gasteiger partial charge on any atom is -0.377 e. The van der Waals surface area contributed by atoms with Crippen molar-refractivity contribution in [1.29, 1.82) is 0 Å². The molecule has 5 nitrogen and oxygen atoms in total. The topological polar surface area (TPSA) is 68.2 Å². The number of nitrogens with two attached hydrogens (primary N) is 1. The molecular weight excluding hydrogens is 284 g/mol. The second-order valence-electron chi connectivity index (χ2n) is 3.74. The zero-order valence-electron chi connectivity index (χ0n) is 9.64. The van der Waals surface area contributed by atoms with E-state index >= 15 is 0 Å². The first-order valence-corrected chi connectivity index (χ1v) is 5.91. The van der Waals surface area contributed by atoms with E-state index in [1.165, 1.54) is 0 Å². The third-order valence-corrected chi connectivity index (χ3v) is 3.00. The molecule has 0 saturated carbocycles. The van der Waals surface area contributed by atoms with Gasteiger partial charge in [0.25, 0.3) is 0 Å². The monoisotopic (exact) mass is 296 g/mol. The molecule has 0 bridgehead atoms. The van der Waals surface area contributed by atoms with Crippen LogP contribution in [0.3, 0.4) is 0 Å². The van der Waals surface area contributed by atoms with Crippen molar-refractivity contribution in [2.24, 2.45) is 5.73 Å². The fourth-order valence-electron chi connectivity index (χ4n) is 1.55. The minimum atomic E-state index is 0.245. The van der Waals surface area contributed by atoms with E-state index in [0.717, 1.165) is 15.7 Å². The molecule has 0 aliphatic heterocycles. The van der Waals surface area contributed by atoms with Gasteiger partial charge in [-0.2, -0.15) is 4.98 Å². The predicted molar refractivity (Wildman–Crippen MR) is 69.7 cm³/mol. The normalized spacial score (nSPS) is 10.6. The third kappa shape index (κ3) is 2.32. The van der Waals surface area contributed by atoms with Gasteiger partial charge in [0.2, 0.25) is 11.7 Å². The highest BCUT2D eigenvalue weighted by atomic mass is 79.9. The molecule has 0 aliphatic carbocycles. The SMILES string of the molecule is CN(C)c1cccc(Br)c1-c1noc(CN)n1. The smallest absolute Gasteiger partial charge is 0.240 e. The summed E-state index contributed by atoms with van der Waals surface area (Å²) in [7, 11) is 3.93. The molecule has 2 aromatic rings. The van der Waals surface area contributed by atoms with Crippen LogP contribution in [-0.2, 0) is 6.54 Å². The Morgan fingerprint density at radius 3 is 2.76 bits per heavy atom. The highest BCUT2D eigenvalue weighted by molar-refractivity contribution is 9.10. The molecule has 0 atom stereocenters. The Bertz CT molecular complexity index is 524. The van der Waals surface area contributed by atoms with Gasteiger partial charge in [-0.05, 0) is 28.1 Å². The molecule has 2 N–H and O–H groups in total. The second-order valence-corrected chi connectivity index (χ2v) is 4.60. The maximum Gasteiger partial charge on any atom is 0.240 e. The largest absolute Gasteiger partial charge is 0.377 e. The molecule has 6 heteroatoms. The first-order chi connectivity index (χ1) is 8.13. The maximum absolute atomic E-state index is 5.46. The van der Waals surface area contributed by atoms with Gasteiger partial charge in [0.15, 0.2) is 0 Å². The number of nitrogens with zero attached hydrogens (tertiary/aromatic N) is 3. The maximum atomic E-state index is 5.46. The number of hydrogen-bond donors (Lipinski definition) is 1. The van der Waals surface area contributed by atoms with Crippen molar-refractivity contribution < 1.29 is 4.52 Å². The first kappa shape index (κ1) is 12.1. The molecule has 0 fully saturated rings. The minimum absolute atomic E-state index is 0.245. The van der Waals surface area contributed by atoms with Gasteiger partial charge >= 0.3 is 0 Å². The Hall–Kier alpha value is -1.40. The highest BCUT2D eigenvalue weighted by Crippen LogP contribution is 2.34. The molecule has 1 heterocycles. The van der Waals surface area contributed by atoms with Gasteiger partial charge < -0.3 is 15.2 Å². The van der Waals surface area contributed by atoms with Crippen LogP contribution in [0.4, 0.5) is 5.69 Å². The van der Waals surface area contributed by atoms with E-state index in [0.29, 0.717) is 11.7 Å². The third-order valence-electron chi connectivity index (χ3n) is 2.34. The first-order valence-electron chi connectivity index (χ1n) is 5.12. The van der Waals surface area contributed by atoms with E-state index in [1.54, 1.807) is 0 Å². The molecule has 0 saturated heterocycles. The molecule has 0 spiro atoms. The van der Waals surface area contributed by atoms with Crippen LogP contribution in [0.5, 0.6) is 0 Å². The molecule has 2 rings (SSSR count). The van der Waals surface area contributed by atoms with Gasteiger partial charge in [0.05, 0.1) is 12.1 Å². The molecular formula is C11H13BrN4O. The van der Waals surface area contributed by atoms with Gasteiger partial charge in [-0.1, -0.05) is 11.2 Å². The van der Waals surface area contributed by atoms with Gasteiger partial charge in [0, 0.05) is 24.3 Å². The summed E-state index contributed by atoms with van der Waals surface area (Å²) in [6.07, 6.45) is 0. The van der Waals surface area contributed by atoms with Gasteiger partial charge in [-0.15, -0.1) is 0 Å². The number of aromatic nitrogens is 2. The van der Waals surface area contributed by atoms with Crippen molar-refractivity contribution in [1.82, 2.24) is 10.1 Å². The van der Waals surface area contributed by atoms with Crippen LogP contribution < -0.4 is 10.6 Å². The number of hydrogen-bond acceptors (Lipinski definition) is 5. The van der Waals surface area contributed by atoms with Gasteiger partial charge in [-0.25, -0.2) is 0 Å². The van der Waals surface area contributed by atoms with Crippen LogP contribution in [-0.4, -0.2) is 24.2 Å². The lowest BCUT2D eigenvalue weighted by Crippen LogP contribution is -2.10. The van der Waals surface area contributed by atoms with Crippen molar-refractivity contribution in [3.8, 4) is 11.4 Å². The Labute approximate surface area is 108 Å². The van der Waals surface area contributed by atoms with Crippen LogP contribution in [0.2, 0.25) is 0 Å². The van der Waals surface area contributed by atoms with Crippen molar-refractivity contribution in [2.45, 2.75) is 6.54 Å². The lowest BCUT2D eigenvalue weighted by atomic mass is 10.1. The molecule has 0 aliphatic rings. The molecule has 1 aromatic heterocycles. The van der Waals surface area contributed by atoms with Gasteiger partial charge in [0.1, 0.15) is 0 Å². The number of benzene rings is 1. The van der Waals surface area contributed by atoms with E-state index in [1.807, 2.05) is 37.2 Å². The lowest BCUT2D eigenvalue weighted by molar-refractivity contribution is 0.380. The van der Waals surface area contributed by atoms with E-state index in [9.17, 15) is 0 Å². The summed E-state index contributed by atoms with van der Waals surface area (Å²) in [5.74, 6) is 0.974. The van der Waals surface area contributed by atoms with Gasteiger partial charge in [-0.3, -0.25) is 0 Å². The highest BCUT2D eigenvalue weighted by Gasteiger charge is 2.16. The van der Waals surface area contributed by atoms with Crippen molar-refractivity contribution in [3.63, 3.8) is 0 Å². The van der Waals surface area contributed by atoms with Crippen LogP contribution in [0, 0.1) is 0 Å². The molecule has 90 valence electrons. The summed E-state index contributed by atoms with van der Waals surface area (Å²) in [6.45, 7) is 0.245. The Morgan fingerprint density at radius 1 is 1.41 bits per heavy atom. The quantitative estimate of drug-likeness (QED) is 0.938. The summed E-state index contributed by atoms with van der Waals surface area (Å²) in [6, 6.07) is 5.91. The summed E-state index contributed by atoms with van der Waals surface area (Å²) >= 11 is 3.50. The Kier molecular flexibility index (Phi) is 3.44. The number of anilines is 1. The van der Waals surface area contributed by atoms with Crippen LogP contribution >= 0.6 is 15.9 Å². The average molecular weight is 297 g/mol. The molecule has 0 amide bonds. The standard InChI is InChI=1S/C11H13BrN4O/c1-16(2)8-5-3-4-7(12)10(8)11-14-9(6-13)17-15-11/h3-5H,6,13H2,1-2H3. The molecule has 1 aromatic carbocycles. The summed E-state index contributed by atoms with van der Waals surface area (Å²) in [4.78, 5) is 6.24. The molecule has 17 heavy (non-hydrogen) atoms. The summed E-state index contributed by atoms with van der Waals surface area (Å²) < 4.78 is 5.96. The van der Waals surface area contributed by atoms with Crippen molar-refractivity contribution >= 4 is 21.6 Å². The van der Waals surface area contributed by atoms with Crippen molar-refractivity contribution in [3.05, 3.63) is 28.6 Å². The van der Waals surface area contributed by atoms with Crippen LogP contribution in [0.25, 0.3) is 11.4 Å². The van der Waals surface area contributed by atoms with E-state index in [2.05, 4.69) is 26.1 Å². The Balaban J connectivity index is 2.57. The van der Waals surface area contributed by atoms with E-state index in [-0.39, 0.29) is 6.54 Å². The number of halogens is 1. The fraction of sp³-hybridized carbons (Fsp3) is 0.273. The van der Waals surface area contributed by atoms with E-state index in [4.69, 9.17) is 10.3 Å². The molecule has 0 unspecified atom stereocenters. The average Bonchev–Trinajstić information content (AvgIpc) is 2.76. The fourth-order valence-corrected chi connectivity index (χ4v) is 2.08. The lowest BCUT2D eigenvalue weighted by Gasteiger charge is -2.16. The van der Waals surface area contributed by atoms with Crippen LogP contribution in [0.15, 0.2) is 27.2 Å². The number of rotatable bonds is 3. The Morgan fingerprint density at radius 2 is 2.18 bits per heavy atom. The predicted octanol–water partition coefficient (Wildman–Crippen LogP) is 2.02. The zero-order valence-corrected chi connectivity index (χ0v) is 11.2. The van der Waals surface area contributed by atoms with E-state index < -0.39 is 0 Å². The zero-order chi connectivity index (χ0) is 12.4. The van der Waals surface area contributed by atoms with Crippen LogP contribution in [0.1, 0.15) is 5.89 Å².